The number of nitrogens with one attached hydrogen (secondary N) is 3. The monoisotopic (exact) mass is 373 g/mol. The summed E-state index contributed by atoms with van der Waals surface area (Å²) in [7, 11) is -4.62. The van der Waals surface area contributed by atoms with Crippen molar-refractivity contribution in [3.8, 4) is 0 Å². The largest absolute Gasteiger partial charge is 0.361 e. The minimum absolute atomic E-state index is 0.184. The zero-order valence-electron chi connectivity index (χ0n) is 13.9. The van der Waals surface area contributed by atoms with Gasteiger partial charge in [-0.1, -0.05) is 18.2 Å². The molecule has 2 aromatic rings. The Balaban J connectivity index is 2.06. The van der Waals surface area contributed by atoms with Crippen LogP contribution in [-0.2, 0) is 24.6 Å². The van der Waals surface area contributed by atoms with Gasteiger partial charge in [0, 0.05) is 29.7 Å². The van der Waals surface area contributed by atoms with Crippen molar-refractivity contribution in [1.29, 1.82) is 0 Å². The van der Waals surface area contributed by atoms with Crippen LogP contribution >= 0.6 is 16.4 Å². The summed E-state index contributed by atoms with van der Waals surface area (Å²) in [6.45, 7) is 4.74. The fraction of sp³-hybridized carbons (Fsp3) is 0.467. The molecule has 0 fully saturated rings. The van der Waals surface area contributed by atoms with Crippen LogP contribution in [0.15, 0.2) is 30.5 Å². The highest BCUT2D eigenvalue weighted by Gasteiger charge is 2.16. The summed E-state index contributed by atoms with van der Waals surface area (Å²) in [6.07, 6.45) is 2.57. The van der Waals surface area contributed by atoms with Crippen LogP contribution in [0.3, 0.4) is 0 Å². The molecule has 9 heteroatoms. The summed E-state index contributed by atoms with van der Waals surface area (Å²) in [5, 5.41) is 6.98. The first-order valence-corrected chi connectivity index (χ1v) is 10.7. The summed E-state index contributed by atoms with van der Waals surface area (Å²) in [5.74, 6) is 0. The van der Waals surface area contributed by atoms with Crippen LogP contribution in [0, 0.1) is 0 Å². The molecule has 0 saturated carbocycles. The molecule has 0 aliphatic heterocycles. The second-order valence-corrected chi connectivity index (χ2v) is 7.60. The van der Waals surface area contributed by atoms with E-state index in [0.29, 0.717) is 26.2 Å². The molecule has 0 radical (unpaired) electrons. The maximum absolute atomic E-state index is 11.9. The Labute approximate surface area is 143 Å². The maximum atomic E-state index is 11.9. The molecular formula is C15H25N3O4P2. The van der Waals surface area contributed by atoms with Crippen LogP contribution in [0.4, 0.5) is 0 Å². The summed E-state index contributed by atoms with van der Waals surface area (Å²) in [5.41, 5.74) is 2.16. The van der Waals surface area contributed by atoms with Gasteiger partial charge >= 0.3 is 0 Å². The molecule has 2 rings (SSSR count). The molecular weight excluding hydrogens is 348 g/mol. The van der Waals surface area contributed by atoms with Crippen molar-refractivity contribution in [2.45, 2.75) is 26.3 Å². The van der Waals surface area contributed by atoms with Crippen LogP contribution in [0.2, 0.25) is 0 Å². The molecule has 1 aromatic heterocycles. The number of para-hydroxylation sites is 1. The first kappa shape index (κ1) is 19.4. The van der Waals surface area contributed by atoms with E-state index in [4.69, 9.17) is 9.05 Å². The molecule has 0 saturated heterocycles. The maximum Gasteiger partial charge on any atom is 0.258 e. The zero-order chi connectivity index (χ0) is 17.4. The van der Waals surface area contributed by atoms with Crippen molar-refractivity contribution in [1.82, 2.24) is 15.2 Å². The van der Waals surface area contributed by atoms with Gasteiger partial charge in [0.05, 0.1) is 13.2 Å². The molecule has 134 valence electrons. The van der Waals surface area contributed by atoms with Crippen molar-refractivity contribution in [3.63, 3.8) is 0 Å². The third-order valence-corrected chi connectivity index (χ3v) is 5.75. The zero-order valence-corrected chi connectivity index (χ0v) is 15.9. The van der Waals surface area contributed by atoms with Gasteiger partial charge < -0.3 is 14.0 Å². The average Bonchev–Trinajstić information content (AvgIpc) is 2.96. The number of rotatable bonds is 11. The average molecular weight is 373 g/mol. The molecule has 7 nitrogen and oxygen atoms in total. The topological polar surface area (TPSA) is 92.5 Å². The minimum atomic E-state index is -2.34. The SMILES string of the molecule is CCO[PH](=O)NC[C@H](Cc1c[nH]c2ccccc12)N[PH](=O)OCC. The van der Waals surface area contributed by atoms with E-state index in [9.17, 15) is 9.13 Å². The summed E-state index contributed by atoms with van der Waals surface area (Å²) < 4.78 is 33.8. The second-order valence-electron chi connectivity index (χ2n) is 5.23. The van der Waals surface area contributed by atoms with Crippen molar-refractivity contribution >= 4 is 27.3 Å². The highest BCUT2D eigenvalue weighted by Crippen LogP contribution is 2.23. The Morgan fingerprint density at radius 2 is 1.83 bits per heavy atom. The molecule has 3 atom stereocenters. The van der Waals surface area contributed by atoms with Gasteiger partial charge in [-0.05, 0) is 31.9 Å². The highest BCUT2D eigenvalue weighted by atomic mass is 31.1. The lowest BCUT2D eigenvalue weighted by Gasteiger charge is -2.18. The molecule has 24 heavy (non-hydrogen) atoms. The third kappa shape index (κ3) is 5.85. The van der Waals surface area contributed by atoms with Crippen LogP contribution in [0.25, 0.3) is 10.9 Å². The fourth-order valence-corrected chi connectivity index (χ4v) is 4.13. The van der Waals surface area contributed by atoms with Crippen LogP contribution < -0.4 is 10.2 Å². The van der Waals surface area contributed by atoms with E-state index in [1.807, 2.05) is 30.5 Å². The minimum Gasteiger partial charge on any atom is -0.361 e. The van der Waals surface area contributed by atoms with E-state index in [1.54, 1.807) is 13.8 Å². The van der Waals surface area contributed by atoms with E-state index >= 15 is 0 Å². The number of aromatic amines is 1. The Bertz CT molecular complexity index is 692. The lowest BCUT2D eigenvalue weighted by Crippen LogP contribution is -2.35. The van der Waals surface area contributed by atoms with Gasteiger partial charge in [-0.3, -0.25) is 9.13 Å². The van der Waals surface area contributed by atoms with Crippen molar-refractivity contribution in [3.05, 3.63) is 36.0 Å². The van der Waals surface area contributed by atoms with Crippen LogP contribution in [0.1, 0.15) is 19.4 Å². The first-order chi connectivity index (χ1) is 11.6. The summed E-state index contributed by atoms with van der Waals surface area (Å²) in [4.78, 5) is 3.23. The van der Waals surface area contributed by atoms with Crippen molar-refractivity contribution in [2.24, 2.45) is 0 Å². The smallest absolute Gasteiger partial charge is 0.258 e. The molecule has 0 aliphatic carbocycles. The van der Waals surface area contributed by atoms with Gasteiger partial charge in [-0.25, -0.2) is 10.2 Å². The fourth-order valence-electron chi connectivity index (χ4n) is 2.47. The second kappa shape index (κ2) is 10.1. The van der Waals surface area contributed by atoms with Crippen LogP contribution in [-0.4, -0.2) is 30.8 Å². The molecule has 2 unspecified atom stereocenters. The number of aromatic nitrogens is 1. The van der Waals surface area contributed by atoms with E-state index in [-0.39, 0.29) is 6.04 Å². The Morgan fingerprint density at radius 3 is 2.58 bits per heavy atom. The normalized spacial score (nSPS) is 15.4. The van der Waals surface area contributed by atoms with Gasteiger partial charge in [0.25, 0.3) is 16.4 Å². The Hall–Kier alpha value is -0.940. The number of H-pyrrole nitrogens is 1. The Kier molecular flexibility index (Phi) is 8.19. The highest BCUT2D eigenvalue weighted by molar-refractivity contribution is 7.37. The summed E-state index contributed by atoms with van der Waals surface area (Å²) >= 11 is 0. The molecule has 0 aliphatic rings. The van der Waals surface area contributed by atoms with E-state index < -0.39 is 16.4 Å². The third-order valence-electron chi connectivity index (χ3n) is 3.51. The number of hydrogen-bond donors (Lipinski definition) is 3. The lowest BCUT2D eigenvalue weighted by molar-refractivity contribution is 0.332. The van der Waals surface area contributed by atoms with Crippen molar-refractivity contribution in [2.75, 3.05) is 19.8 Å². The number of benzene rings is 1. The van der Waals surface area contributed by atoms with Gasteiger partial charge in [-0.15, -0.1) is 0 Å². The van der Waals surface area contributed by atoms with Gasteiger partial charge in [0.15, 0.2) is 0 Å². The predicted octanol–water partition coefficient (Wildman–Crippen LogP) is 3.11. The van der Waals surface area contributed by atoms with Crippen LogP contribution in [0.5, 0.6) is 0 Å². The lowest BCUT2D eigenvalue weighted by atomic mass is 10.1. The molecule has 1 aromatic carbocycles. The van der Waals surface area contributed by atoms with Crippen molar-refractivity contribution < 1.29 is 18.2 Å². The molecule has 0 amide bonds. The van der Waals surface area contributed by atoms with E-state index in [2.05, 4.69) is 15.2 Å². The number of hydrogen-bond acceptors (Lipinski definition) is 4. The molecule has 0 bridgehead atoms. The summed E-state index contributed by atoms with van der Waals surface area (Å²) in [6, 6.07) is 7.83. The molecule has 1 heterocycles. The first-order valence-electron chi connectivity index (χ1n) is 8.03. The van der Waals surface area contributed by atoms with Gasteiger partial charge in [-0.2, -0.15) is 0 Å². The van der Waals surface area contributed by atoms with Gasteiger partial charge in [0.2, 0.25) is 0 Å². The van der Waals surface area contributed by atoms with E-state index in [0.717, 1.165) is 16.5 Å². The Morgan fingerprint density at radius 1 is 1.12 bits per heavy atom. The molecule has 0 spiro atoms. The molecule has 3 N–H and O–H groups in total. The van der Waals surface area contributed by atoms with E-state index in [1.165, 1.54) is 0 Å². The predicted molar refractivity (Wildman–Crippen MR) is 98.2 cm³/mol. The van der Waals surface area contributed by atoms with Gasteiger partial charge in [0.1, 0.15) is 0 Å². The quantitative estimate of drug-likeness (QED) is 0.524. The number of fused-ring (bicyclic) bond motifs is 1. The standard InChI is InChI=1S/C15H25N3O4P2/c1-3-21-23(19)17-11-13(18-24(20)22-4-2)9-12-10-16-15-8-6-5-7-14(12)15/h5-8,10,13,16,23-24H,3-4,9,11H2,1-2H3,(H,17,19)(H,18,20)/t13-/m0/s1.